The molecule has 114 valence electrons. The van der Waals surface area contributed by atoms with Gasteiger partial charge in [0.25, 0.3) is 0 Å². The van der Waals surface area contributed by atoms with Gasteiger partial charge in [-0.1, -0.05) is 35.9 Å². The van der Waals surface area contributed by atoms with Gasteiger partial charge in [0.15, 0.2) is 11.5 Å². The number of halogens is 1. The molecular formula is C18H13ClN2O2. The zero-order chi connectivity index (χ0) is 15.6. The molecule has 1 aliphatic heterocycles. The largest absolute Gasteiger partial charge is 0.454 e. The summed E-state index contributed by atoms with van der Waals surface area (Å²) in [4.78, 5) is 8.85. The van der Waals surface area contributed by atoms with Crippen molar-refractivity contribution in [2.75, 3.05) is 6.79 Å². The second-order valence-corrected chi connectivity index (χ2v) is 5.58. The van der Waals surface area contributed by atoms with Crippen molar-refractivity contribution in [2.24, 2.45) is 4.99 Å². The second-order valence-electron chi connectivity index (χ2n) is 5.22. The third-order valence-corrected chi connectivity index (χ3v) is 3.95. The summed E-state index contributed by atoms with van der Waals surface area (Å²) in [7, 11) is 0. The molecule has 0 unspecified atom stereocenters. The number of pyridine rings is 1. The standard InChI is InChI=1S/C18H13ClN2O2/c19-18-14(8-13-3-1-2-4-15(13)21-18)10-20-9-12-5-6-16-17(7-12)23-11-22-16/h1-8,10H,9,11H2. The van der Waals surface area contributed by atoms with Crippen LogP contribution in [-0.4, -0.2) is 18.0 Å². The van der Waals surface area contributed by atoms with E-state index in [1.54, 1.807) is 6.21 Å². The number of aromatic nitrogens is 1. The second kappa shape index (κ2) is 5.89. The van der Waals surface area contributed by atoms with Crippen molar-refractivity contribution < 1.29 is 9.47 Å². The van der Waals surface area contributed by atoms with Gasteiger partial charge in [-0.25, -0.2) is 4.98 Å². The number of nitrogens with zero attached hydrogens (tertiary/aromatic N) is 2. The molecule has 0 saturated carbocycles. The maximum absolute atomic E-state index is 6.22. The number of hydrogen-bond donors (Lipinski definition) is 0. The topological polar surface area (TPSA) is 43.7 Å². The third kappa shape index (κ3) is 2.85. The minimum Gasteiger partial charge on any atom is -0.454 e. The van der Waals surface area contributed by atoms with Gasteiger partial charge in [0.05, 0.1) is 12.1 Å². The fourth-order valence-corrected chi connectivity index (χ4v) is 2.68. The first-order chi connectivity index (χ1) is 11.3. The molecule has 1 aromatic heterocycles. The van der Waals surface area contributed by atoms with Crippen molar-refractivity contribution in [3.05, 3.63) is 64.8 Å². The lowest BCUT2D eigenvalue weighted by Crippen LogP contribution is -1.93. The molecule has 2 aromatic carbocycles. The van der Waals surface area contributed by atoms with Crippen LogP contribution < -0.4 is 9.47 Å². The molecule has 0 aliphatic carbocycles. The van der Waals surface area contributed by atoms with Gasteiger partial charge in [0.2, 0.25) is 6.79 Å². The summed E-state index contributed by atoms with van der Waals surface area (Å²) in [5.74, 6) is 1.54. The van der Waals surface area contributed by atoms with E-state index < -0.39 is 0 Å². The Hall–Kier alpha value is -2.59. The Morgan fingerprint density at radius 3 is 2.91 bits per heavy atom. The number of benzene rings is 2. The van der Waals surface area contributed by atoms with E-state index in [0.717, 1.165) is 33.5 Å². The van der Waals surface area contributed by atoms with Gasteiger partial charge in [-0.15, -0.1) is 0 Å². The summed E-state index contributed by atoms with van der Waals surface area (Å²) in [6, 6.07) is 15.7. The predicted molar refractivity (Wildman–Crippen MR) is 90.6 cm³/mol. The Balaban J connectivity index is 1.55. The summed E-state index contributed by atoms with van der Waals surface area (Å²) >= 11 is 6.22. The van der Waals surface area contributed by atoms with Gasteiger partial charge in [0, 0.05) is 17.2 Å². The lowest BCUT2D eigenvalue weighted by Gasteiger charge is -2.02. The molecule has 0 spiro atoms. The van der Waals surface area contributed by atoms with Crippen LogP contribution in [0.4, 0.5) is 0 Å². The van der Waals surface area contributed by atoms with Crippen molar-refractivity contribution in [1.82, 2.24) is 4.98 Å². The van der Waals surface area contributed by atoms with Crippen molar-refractivity contribution in [1.29, 1.82) is 0 Å². The Kier molecular flexibility index (Phi) is 3.60. The average Bonchev–Trinajstić information content (AvgIpc) is 3.03. The summed E-state index contributed by atoms with van der Waals surface area (Å²) in [6.45, 7) is 0.820. The van der Waals surface area contributed by atoms with E-state index in [-0.39, 0.29) is 6.79 Å². The van der Waals surface area contributed by atoms with Gasteiger partial charge in [-0.2, -0.15) is 0 Å². The normalized spacial score (nSPS) is 13.1. The van der Waals surface area contributed by atoms with Gasteiger partial charge in [0.1, 0.15) is 5.15 Å². The molecule has 23 heavy (non-hydrogen) atoms. The van der Waals surface area contributed by atoms with Gasteiger partial charge >= 0.3 is 0 Å². The van der Waals surface area contributed by atoms with Crippen LogP contribution in [0.5, 0.6) is 11.5 Å². The van der Waals surface area contributed by atoms with Crippen LogP contribution in [-0.2, 0) is 6.54 Å². The minimum absolute atomic E-state index is 0.278. The van der Waals surface area contributed by atoms with Crippen LogP contribution in [0, 0.1) is 0 Å². The molecule has 0 atom stereocenters. The number of hydrogen-bond acceptors (Lipinski definition) is 4. The van der Waals surface area contributed by atoms with Gasteiger partial charge < -0.3 is 9.47 Å². The van der Waals surface area contributed by atoms with Crippen LogP contribution in [0.15, 0.2) is 53.5 Å². The molecular weight excluding hydrogens is 312 g/mol. The summed E-state index contributed by atoms with van der Waals surface area (Å²) in [5, 5.41) is 1.50. The lowest BCUT2D eigenvalue weighted by molar-refractivity contribution is 0.174. The molecule has 3 aromatic rings. The molecule has 1 aliphatic rings. The summed E-state index contributed by atoms with van der Waals surface area (Å²) in [5.41, 5.74) is 2.74. The Labute approximate surface area is 138 Å². The molecule has 0 saturated heterocycles. The quantitative estimate of drug-likeness (QED) is 0.534. The van der Waals surface area contributed by atoms with Gasteiger partial charge in [-0.3, -0.25) is 4.99 Å². The molecule has 0 N–H and O–H groups in total. The number of aliphatic imine (C=N–C) groups is 1. The van der Waals surface area contributed by atoms with Crippen LogP contribution >= 0.6 is 11.6 Å². The highest BCUT2D eigenvalue weighted by Crippen LogP contribution is 2.32. The van der Waals surface area contributed by atoms with E-state index in [1.165, 1.54) is 0 Å². The maximum Gasteiger partial charge on any atom is 0.231 e. The highest BCUT2D eigenvalue weighted by atomic mass is 35.5. The minimum atomic E-state index is 0.278. The first-order valence-electron chi connectivity index (χ1n) is 7.23. The number of para-hydroxylation sites is 1. The number of ether oxygens (including phenoxy) is 2. The number of fused-ring (bicyclic) bond motifs is 2. The smallest absolute Gasteiger partial charge is 0.231 e. The van der Waals surface area contributed by atoms with E-state index in [9.17, 15) is 0 Å². The lowest BCUT2D eigenvalue weighted by atomic mass is 10.1. The molecule has 2 heterocycles. The van der Waals surface area contributed by atoms with Crippen LogP contribution in [0.25, 0.3) is 10.9 Å². The Morgan fingerprint density at radius 1 is 1.09 bits per heavy atom. The SMILES string of the molecule is Clc1nc2ccccc2cc1C=NCc1ccc2c(c1)OCO2. The average molecular weight is 325 g/mol. The van der Waals surface area contributed by atoms with Crippen molar-refractivity contribution in [3.63, 3.8) is 0 Å². The Bertz CT molecular complexity index is 909. The zero-order valence-corrected chi connectivity index (χ0v) is 13.0. The molecule has 4 rings (SSSR count). The van der Waals surface area contributed by atoms with Crippen molar-refractivity contribution in [3.8, 4) is 11.5 Å². The summed E-state index contributed by atoms with van der Waals surface area (Å²) in [6.07, 6.45) is 1.76. The van der Waals surface area contributed by atoms with Crippen LogP contribution in [0.3, 0.4) is 0 Å². The van der Waals surface area contributed by atoms with Crippen LogP contribution in [0.2, 0.25) is 5.15 Å². The van der Waals surface area contributed by atoms with Gasteiger partial charge in [-0.05, 0) is 29.8 Å². The highest BCUT2D eigenvalue weighted by molar-refractivity contribution is 6.32. The van der Waals surface area contributed by atoms with E-state index >= 15 is 0 Å². The number of rotatable bonds is 3. The van der Waals surface area contributed by atoms with E-state index in [0.29, 0.717) is 11.7 Å². The Morgan fingerprint density at radius 2 is 1.96 bits per heavy atom. The summed E-state index contributed by atoms with van der Waals surface area (Å²) < 4.78 is 10.7. The molecule has 5 heteroatoms. The maximum atomic E-state index is 6.22. The zero-order valence-electron chi connectivity index (χ0n) is 12.2. The fourth-order valence-electron chi connectivity index (χ4n) is 2.49. The highest BCUT2D eigenvalue weighted by Gasteiger charge is 2.12. The molecule has 0 fully saturated rings. The van der Waals surface area contributed by atoms with Crippen molar-refractivity contribution in [2.45, 2.75) is 6.54 Å². The predicted octanol–water partition coefficient (Wildman–Crippen LogP) is 4.24. The monoisotopic (exact) mass is 324 g/mol. The molecule has 0 radical (unpaired) electrons. The van der Waals surface area contributed by atoms with Crippen molar-refractivity contribution >= 4 is 28.7 Å². The first kappa shape index (κ1) is 14.0. The van der Waals surface area contributed by atoms with E-state index in [1.807, 2.05) is 48.5 Å². The molecule has 4 nitrogen and oxygen atoms in total. The first-order valence-corrected chi connectivity index (χ1v) is 7.61. The molecule has 0 amide bonds. The van der Waals surface area contributed by atoms with E-state index in [2.05, 4.69) is 9.98 Å². The van der Waals surface area contributed by atoms with E-state index in [4.69, 9.17) is 21.1 Å². The molecule has 0 bridgehead atoms. The fraction of sp³-hybridized carbons (Fsp3) is 0.111. The van der Waals surface area contributed by atoms with Crippen LogP contribution in [0.1, 0.15) is 11.1 Å². The third-order valence-electron chi connectivity index (χ3n) is 3.65.